The lowest BCUT2D eigenvalue weighted by Crippen LogP contribution is -2.61. The molecule has 1 aliphatic rings. The van der Waals surface area contributed by atoms with Crippen molar-refractivity contribution in [3.05, 3.63) is 41.5 Å². The van der Waals surface area contributed by atoms with Crippen molar-refractivity contribution in [1.29, 1.82) is 0 Å². The fourth-order valence-electron chi connectivity index (χ4n) is 2.47. The van der Waals surface area contributed by atoms with Gasteiger partial charge in [-0.2, -0.15) is 0 Å². The molecule has 136 valence electrons. The van der Waals surface area contributed by atoms with Gasteiger partial charge in [-0.05, 0) is 26.3 Å². The van der Waals surface area contributed by atoms with Crippen molar-refractivity contribution in [3.8, 4) is 0 Å². The molecule has 1 fully saturated rings. The first-order valence-electron chi connectivity index (χ1n) is 7.76. The average molecular weight is 350 g/mol. The van der Waals surface area contributed by atoms with E-state index in [1.807, 2.05) is 36.6 Å². The minimum Gasteiger partial charge on any atom is -0.464 e. The van der Waals surface area contributed by atoms with Crippen molar-refractivity contribution in [2.45, 2.75) is 38.7 Å². The highest BCUT2D eigenvalue weighted by molar-refractivity contribution is 5.72. The molecule has 1 aromatic rings. The number of hydrogen-bond acceptors (Lipinski definition) is 4. The number of hydrogen-bond donors (Lipinski definition) is 3. The Morgan fingerprint density at radius 1 is 1.28 bits per heavy atom. The number of nitrogens with one attached hydrogen (secondary N) is 1. The molecular formula is C17H22N2O6. The molecule has 0 bridgehead atoms. The van der Waals surface area contributed by atoms with Gasteiger partial charge in [0.15, 0.2) is 5.79 Å². The van der Waals surface area contributed by atoms with E-state index in [9.17, 15) is 14.7 Å². The predicted molar refractivity (Wildman–Crippen MR) is 89.9 cm³/mol. The molecule has 0 radical (unpaired) electrons. The Morgan fingerprint density at radius 3 is 2.48 bits per heavy atom. The van der Waals surface area contributed by atoms with Gasteiger partial charge in [-0.15, -0.1) is 0 Å². The Bertz CT molecular complexity index is 656. The van der Waals surface area contributed by atoms with Crippen molar-refractivity contribution >= 4 is 18.3 Å². The van der Waals surface area contributed by atoms with Gasteiger partial charge in [-0.25, -0.2) is 20.0 Å². The highest BCUT2D eigenvalue weighted by Gasteiger charge is 2.41. The quantitative estimate of drug-likeness (QED) is 0.723. The molecule has 0 saturated carbocycles. The number of nitrogens with zero attached hydrogens (tertiary/aromatic N) is 1. The zero-order chi connectivity index (χ0) is 18.6. The van der Waals surface area contributed by atoms with Crippen LogP contribution in [0, 0.1) is 6.92 Å². The van der Waals surface area contributed by atoms with Crippen LogP contribution >= 0.6 is 0 Å². The molecule has 0 aromatic heterocycles. The normalized spacial score (nSPS) is 22.5. The number of rotatable bonds is 3. The summed E-state index contributed by atoms with van der Waals surface area (Å²) in [4.78, 5) is 22.3. The van der Waals surface area contributed by atoms with Crippen molar-refractivity contribution in [2.75, 3.05) is 6.61 Å². The zero-order valence-electron chi connectivity index (χ0n) is 14.3. The van der Waals surface area contributed by atoms with E-state index in [1.54, 1.807) is 26.0 Å². The fourth-order valence-corrected chi connectivity index (χ4v) is 2.47. The zero-order valence-corrected chi connectivity index (χ0v) is 14.3. The van der Waals surface area contributed by atoms with Gasteiger partial charge in [-0.1, -0.05) is 42.0 Å². The van der Waals surface area contributed by atoms with Gasteiger partial charge in [0.2, 0.25) is 0 Å². The fraction of sp³-hybridized carbons (Fsp3) is 0.412. The van der Waals surface area contributed by atoms with Crippen molar-refractivity contribution in [2.24, 2.45) is 0 Å². The Labute approximate surface area is 145 Å². The molecule has 2 rings (SSSR count). The molecule has 0 spiro atoms. The summed E-state index contributed by atoms with van der Waals surface area (Å²) in [6.45, 7) is 5.40. The van der Waals surface area contributed by atoms with Crippen LogP contribution in [0.4, 0.5) is 9.59 Å². The Morgan fingerprint density at radius 2 is 1.92 bits per heavy atom. The van der Waals surface area contributed by atoms with E-state index in [4.69, 9.17) is 14.6 Å². The van der Waals surface area contributed by atoms with Crippen LogP contribution in [0.2, 0.25) is 0 Å². The van der Waals surface area contributed by atoms with E-state index in [0.29, 0.717) is 5.01 Å². The van der Waals surface area contributed by atoms with Crippen LogP contribution in [-0.4, -0.2) is 51.9 Å². The molecule has 1 aliphatic heterocycles. The minimum atomic E-state index is -1.48. The van der Waals surface area contributed by atoms with Crippen molar-refractivity contribution in [1.82, 2.24) is 10.4 Å². The maximum Gasteiger partial charge on any atom is 0.426 e. The van der Waals surface area contributed by atoms with Crippen LogP contribution in [0.25, 0.3) is 6.08 Å². The highest BCUT2D eigenvalue weighted by atomic mass is 16.7. The molecular weight excluding hydrogens is 328 g/mol. The SMILES string of the molecule is Cc1ccc(/C=C/[C@H]2OC(C)(C)OCC2N(NC(=O)O)C(=O)O)cc1. The summed E-state index contributed by atoms with van der Waals surface area (Å²) in [5.41, 5.74) is 3.92. The third kappa shape index (κ3) is 5.20. The number of amides is 2. The lowest BCUT2D eigenvalue weighted by molar-refractivity contribution is -0.282. The van der Waals surface area contributed by atoms with Gasteiger partial charge in [0.1, 0.15) is 12.1 Å². The Kier molecular flexibility index (Phi) is 5.66. The summed E-state index contributed by atoms with van der Waals surface area (Å²) in [6.07, 6.45) is -0.0900. The van der Waals surface area contributed by atoms with E-state index in [0.717, 1.165) is 11.1 Å². The van der Waals surface area contributed by atoms with E-state index in [1.165, 1.54) is 0 Å². The lowest BCUT2D eigenvalue weighted by Gasteiger charge is -2.42. The number of benzene rings is 1. The van der Waals surface area contributed by atoms with E-state index < -0.39 is 30.1 Å². The van der Waals surface area contributed by atoms with E-state index in [2.05, 4.69) is 0 Å². The first-order chi connectivity index (χ1) is 11.7. The van der Waals surface area contributed by atoms with Crippen LogP contribution in [0.15, 0.2) is 30.3 Å². The third-order valence-corrected chi connectivity index (χ3v) is 3.71. The van der Waals surface area contributed by atoms with Gasteiger partial charge in [0, 0.05) is 0 Å². The first kappa shape index (κ1) is 18.8. The molecule has 8 nitrogen and oxygen atoms in total. The van der Waals surface area contributed by atoms with E-state index in [-0.39, 0.29) is 6.61 Å². The van der Waals surface area contributed by atoms with Crippen LogP contribution in [0.5, 0.6) is 0 Å². The third-order valence-electron chi connectivity index (χ3n) is 3.71. The molecule has 1 saturated heterocycles. The second-order valence-corrected chi connectivity index (χ2v) is 6.20. The molecule has 1 unspecified atom stereocenters. The predicted octanol–water partition coefficient (Wildman–Crippen LogP) is 2.69. The molecule has 25 heavy (non-hydrogen) atoms. The molecule has 2 atom stereocenters. The number of ether oxygens (including phenoxy) is 2. The number of hydrazine groups is 1. The van der Waals surface area contributed by atoms with Crippen molar-refractivity contribution in [3.63, 3.8) is 0 Å². The minimum absolute atomic E-state index is 0.0114. The molecule has 1 aromatic carbocycles. The lowest BCUT2D eigenvalue weighted by atomic mass is 10.1. The molecule has 8 heteroatoms. The highest BCUT2D eigenvalue weighted by Crippen LogP contribution is 2.26. The van der Waals surface area contributed by atoms with Crippen LogP contribution in [-0.2, 0) is 9.47 Å². The summed E-state index contributed by atoms with van der Waals surface area (Å²) in [5.74, 6) is -0.911. The van der Waals surface area contributed by atoms with Gasteiger partial charge in [-0.3, -0.25) is 0 Å². The van der Waals surface area contributed by atoms with Gasteiger partial charge in [0.25, 0.3) is 0 Å². The topological polar surface area (TPSA) is 108 Å². The van der Waals surface area contributed by atoms with Gasteiger partial charge in [0.05, 0.1) is 6.61 Å². The Balaban J connectivity index is 2.25. The average Bonchev–Trinajstić information content (AvgIpc) is 2.51. The standard InChI is InChI=1S/C17H22N2O6/c1-11-4-6-12(7-5-11)8-9-14-13(10-24-17(2,3)25-14)19(16(22)23)18-15(20)21/h4-9,13-14,18H,10H2,1-3H3,(H,20,21)(H,22,23)/b9-8+/t13?,14-/m1/s1. The Hall–Kier alpha value is -2.58. The van der Waals surface area contributed by atoms with Crippen LogP contribution in [0.3, 0.4) is 0 Å². The maximum atomic E-state index is 11.4. The smallest absolute Gasteiger partial charge is 0.426 e. The van der Waals surface area contributed by atoms with Gasteiger partial charge < -0.3 is 19.7 Å². The summed E-state index contributed by atoms with van der Waals surface area (Å²) >= 11 is 0. The molecule has 0 aliphatic carbocycles. The van der Waals surface area contributed by atoms with Crippen molar-refractivity contribution < 1.29 is 29.3 Å². The van der Waals surface area contributed by atoms with Crippen LogP contribution in [0.1, 0.15) is 25.0 Å². The largest absolute Gasteiger partial charge is 0.464 e. The number of aryl methyl sites for hydroxylation is 1. The number of carboxylic acid groups (broad SMARTS) is 2. The van der Waals surface area contributed by atoms with Gasteiger partial charge >= 0.3 is 12.2 Å². The monoisotopic (exact) mass is 350 g/mol. The second-order valence-electron chi connectivity index (χ2n) is 6.20. The molecule has 2 amide bonds. The maximum absolute atomic E-state index is 11.4. The summed E-state index contributed by atoms with van der Waals surface area (Å²) in [6, 6.07) is 6.91. The first-order valence-corrected chi connectivity index (χ1v) is 7.76. The summed E-state index contributed by atoms with van der Waals surface area (Å²) < 4.78 is 11.3. The second kappa shape index (κ2) is 7.54. The van der Waals surface area contributed by atoms with Crippen LogP contribution < -0.4 is 5.43 Å². The number of carbonyl (C=O) groups is 2. The summed E-state index contributed by atoms with van der Waals surface area (Å²) in [5, 5.41) is 18.8. The molecule has 1 heterocycles. The molecule has 3 N–H and O–H groups in total. The summed E-state index contributed by atoms with van der Waals surface area (Å²) in [7, 11) is 0. The van der Waals surface area contributed by atoms with E-state index >= 15 is 0 Å².